The molecule has 0 bridgehead atoms. The topological polar surface area (TPSA) is 15.3 Å². The summed E-state index contributed by atoms with van der Waals surface area (Å²) in [4.78, 5) is 2.30. The largest absolute Gasteiger partial charge is 0.308 e. The number of hydrogen-bond acceptors (Lipinski definition) is 2. The Morgan fingerprint density at radius 2 is 2.00 bits per heavy atom. The van der Waals surface area contributed by atoms with Crippen LogP contribution in [-0.2, 0) is 6.54 Å². The molecule has 1 aromatic rings. The van der Waals surface area contributed by atoms with Gasteiger partial charge in [-0.3, -0.25) is 0 Å². The van der Waals surface area contributed by atoms with E-state index in [-0.39, 0.29) is 0 Å². The number of nitrogens with one attached hydrogen (secondary N) is 1. The molecule has 1 aromatic carbocycles. The summed E-state index contributed by atoms with van der Waals surface area (Å²) in [5.74, 6) is 0. The molecule has 1 heterocycles. The second-order valence-corrected chi connectivity index (χ2v) is 5.64. The summed E-state index contributed by atoms with van der Waals surface area (Å²) in [6, 6.07) is 4.01. The highest BCUT2D eigenvalue weighted by atomic mass is 35.5. The Morgan fingerprint density at radius 1 is 1.29 bits per heavy atom. The van der Waals surface area contributed by atoms with Crippen molar-refractivity contribution in [3.8, 4) is 0 Å². The minimum absolute atomic E-state index is 0.506. The molecule has 0 saturated carbocycles. The fraction of sp³-hybridized carbons (Fsp3) is 0.500. The third-order valence-corrected chi connectivity index (χ3v) is 4.30. The first kappa shape index (κ1) is 13.4. The second kappa shape index (κ2) is 5.77. The number of benzene rings is 1. The predicted octanol–water partition coefficient (Wildman–Crippen LogP) is 3.44. The lowest BCUT2D eigenvalue weighted by Crippen LogP contribution is -2.31. The first-order valence-corrected chi connectivity index (χ1v) is 6.75. The van der Waals surface area contributed by atoms with Crippen LogP contribution in [0.15, 0.2) is 12.1 Å². The van der Waals surface area contributed by atoms with E-state index in [1.807, 2.05) is 0 Å². The zero-order chi connectivity index (χ0) is 12.4. The number of likely N-dealkylation sites (N-methyl/N-ethyl adjacent to an activating group) is 1. The van der Waals surface area contributed by atoms with Gasteiger partial charge in [-0.1, -0.05) is 34.8 Å². The Kier molecular flexibility index (Phi) is 4.56. The molecule has 1 unspecified atom stereocenters. The maximum absolute atomic E-state index is 6.15. The number of rotatable bonds is 3. The summed E-state index contributed by atoms with van der Waals surface area (Å²) >= 11 is 18.2. The SMILES string of the molecule is CN1CCC(NCc2c(Cl)ccc(Cl)c2Cl)C1. The van der Waals surface area contributed by atoms with Gasteiger partial charge in [0.2, 0.25) is 0 Å². The molecule has 0 aromatic heterocycles. The van der Waals surface area contributed by atoms with Crippen molar-refractivity contribution in [3.05, 3.63) is 32.8 Å². The Labute approximate surface area is 117 Å². The van der Waals surface area contributed by atoms with Gasteiger partial charge < -0.3 is 10.2 Å². The van der Waals surface area contributed by atoms with Crippen LogP contribution in [0.5, 0.6) is 0 Å². The molecule has 17 heavy (non-hydrogen) atoms. The molecule has 0 radical (unpaired) electrons. The third-order valence-electron chi connectivity index (χ3n) is 3.10. The van der Waals surface area contributed by atoms with Crippen LogP contribution in [0, 0.1) is 0 Å². The lowest BCUT2D eigenvalue weighted by molar-refractivity contribution is 0.398. The normalized spacial score (nSPS) is 21.1. The van der Waals surface area contributed by atoms with Crippen LogP contribution in [0.4, 0.5) is 0 Å². The highest BCUT2D eigenvalue weighted by molar-refractivity contribution is 6.44. The number of halogens is 3. The van der Waals surface area contributed by atoms with E-state index in [1.165, 1.54) is 0 Å². The van der Waals surface area contributed by atoms with E-state index in [1.54, 1.807) is 12.1 Å². The van der Waals surface area contributed by atoms with Crippen molar-refractivity contribution in [3.63, 3.8) is 0 Å². The summed E-state index contributed by atoms with van der Waals surface area (Å²) in [7, 11) is 2.13. The van der Waals surface area contributed by atoms with Gasteiger partial charge in [-0.2, -0.15) is 0 Å². The Hall–Kier alpha value is 0.01000. The van der Waals surface area contributed by atoms with Crippen LogP contribution in [0.2, 0.25) is 15.1 Å². The average Bonchev–Trinajstić information content (AvgIpc) is 2.70. The van der Waals surface area contributed by atoms with Crippen LogP contribution in [0.3, 0.4) is 0 Å². The molecule has 0 amide bonds. The average molecular weight is 294 g/mol. The summed E-state index contributed by atoms with van der Waals surface area (Å²) in [5, 5.41) is 5.24. The van der Waals surface area contributed by atoms with Crippen LogP contribution >= 0.6 is 34.8 Å². The van der Waals surface area contributed by atoms with Crippen LogP contribution in [0.1, 0.15) is 12.0 Å². The van der Waals surface area contributed by atoms with Gasteiger partial charge in [0.15, 0.2) is 0 Å². The minimum Gasteiger partial charge on any atom is -0.308 e. The minimum atomic E-state index is 0.506. The molecule has 1 saturated heterocycles. The number of nitrogens with zero attached hydrogens (tertiary/aromatic N) is 1. The fourth-order valence-corrected chi connectivity index (χ4v) is 2.76. The lowest BCUT2D eigenvalue weighted by Gasteiger charge is -2.15. The fourth-order valence-electron chi connectivity index (χ4n) is 2.08. The van der Waals surface area contributed by atoms with Crippen molar-refractivity contribution in [2.75, 3.05) is 20.1 Å². The van der Waals surface area contributed by atoms with Gasteiger partial charge in [-0.05, 0) is 32.1 Å². The quantitative estimate of drug-likeness (QED) is 0.859. The monoisotopic (exact) mass is 292 g/mol. The summed E-state index contributed by atoms with van der Waals surface area (Å²) in [5.41, 5.74) is 0.885. The molecule has 1 aliphatic heterocycles. The summed E-state index contributed by atoms with van der Waals surface area (Å²) < 4.78 is 0. The first-order valence-electron chi connectivity index (χ1n) is 5.62. The summed E-state index contributed by atoms with van der Waals surface area (Å²) in [6.07, 6.45) is 1.16. The number of likely N-dealkylation sites (tertiary alicyclic amines) is 1. The Bertz CT molecular complexity index is 409. The predicted molar refractivity (Wildman–Crippen MR) is 74.2 cm³/mol. The van der Waals surface area contributed by atoms with E-state index in [0.29, 0.717) is 27.7 Å². The zero-order valence-electron chi connectivity index (χ0n) is 9.64. The maximum atomic E-state index is 6.15. The highest BCUT2D eigenvalue weighted by Gasteiger charge is 2.19. The molecule has 1 N–H and O–H groups in total. The molecule has 1 atom stereocenters. The van der Waals surface area contributed by atoms with Crippen molar-refractivity contribution in [1.82, 2.24) is 10.2 Å². The van der Waals surface area contributed by atoms with Crippen molar-refractivity contribution >= 4 is 34.8 Å². The van der Waals surface area contributed by atoms with Gasteiger partial charge in [-0.25, -0.2) is 0 Å². The molecule has 5 heteroatoms. The van der Waals surface area contributed by atoms with Gasteiger partial charge in [0.05, 0.1) is 10.0 Å². The van der Waals surface area contributed by atoms with E-state index in [0.717, 1.165) is 25.1 Å². The molecular weight excluding hydrogens is 279 g/mol. The Morgan fingerprint density at radius 3 is 2.65 bits per heavy atom. The van der Waals surface area contributed by atoms with Gasteiger partial charge >= 0.3 is 0 Å². The van der Waals surface area contributed by atoms with Gasteiger partial charge in [0.1, 0.15) is 0 Å². The molecule has 1 aliphatic rings. The van der Waals surface area contributed by atoms with Crippen molar-refractivity contribution in [2.45, 2.75) is 19.0 Å². The van der Waals surface area contributed by atoms with Crippen molar-refractivity contribution in [1.29, 1.82) is 0 Å². The molecule has 2 rings (SSSR count). The van der Waals surface area contributed by atoms with Gasteiger partial charge in [-0.15, -0.1) is 0 Å². The van der Waals surface area contributed by atoms with E-state index in [4.69, 9.17) is 34.8 Å². The third kappa shape index (κ3) is 3.27. The van der Waals surface area contributed by atoms with E-state index in [2.05, 4.69) is 17.3 Å². The maximum Gasteiger partial charge on any atom is 0.0652 e. The van der Waals surface area contributed by atoms with Crippen molar-refractivity contribution in [2.24, 2.45) is 0 Å². The van der Waals surface area contributed by atoms with Gasteiger partial charge in [0, 0.05) is 29.7 Å². The zero-order valence-corrected chi connectivity index (χ0v) is 11.9. The van der Waals surface area contributed by atoms with E-state index < -0.39 is 0 Å². The highest BCUT2D eigenvalue weighted by Crippen LogP contribution is 2.31. The van der Waals surface area contributed by atoms with E-state index >= 15 is 0 Å². The molecule has 0 spiro atoms. The number of hydrogen-bond donors (Lipinski definition) is 1. The lowest BCUT2D eigenvalue weighted by atomic mass is 10.2. The molecule has 94 valence electrons. The van der Waals surface area contributed by atoms with Crippen LogP contribution in [-0.4, -0.2) is 31.1 Å². The molecule has 0 aliphatic carbocycles. The van der Waals surface area contributed by atoms with Crippen LogP contribution < -0.4 is 5.32 Å². The second-order valence-electron chi connectivity index (χ2n) is 4.45. The smallest absolute Gasteiger partial charge is 0.0652 e. The van der Waals surface area contributed by atoms with Crippen molar-refractivity contribution < 1.29 is 0 Å². The van der Waals surface area contributed by atoms with E-state index in [9.17, 15) is 0 Å². The molecule has 2 nitrogen and oxygen atoms in total. The van der Waals surface area contributed by atoms with Crippen LogP contribution in [0.25, 0.3) is 0 Å². The molecular formula is C12H15Cl3N2. The molecule has 1 fully saturated rings. The van der Waals surface area contributed by atoms with Gasteiger partial charge in [0.25, 0.3) is 0 Å². The Balaban J connectivity index is 2.01. The first-order chi connectivity index (χ1) is 8.08. The summed E-state index contributed by atoms with van der Waals surface area (Å²) in [6.45, 7) is 2.86. The standard InChI is InChI=1S/C12H15Cl3N2/c1-17-5-4-8(7-17)16-6-9-10(13)2-3-11(14)12(9)15/h2-3,8,16H,4-7H2,1H3.